The van der Waals surface area contributed by atoms with E-state index in [2.05, 4.69) is 14.9 Å². The number of aliphatic hydroxyl groups is 1. The highest BCUT2D eigenvalue weighted by atomic mass is 16.4. The van der Waals surface area contributed by atoms with Gasteiger partial charge in [0.25, 0.3) is 0 Å². The van der Waals surface area contributed by atoms with Gasteiger partial charge in [0.05, 0.1) is 12.0 Å². The summed E-state index contributed by atoms with van der Waals surface area (Å²) in [5, 5.41) is 19.9. The first-order valence-corrected chi connectivity index (χ1v) is 9.01. The standard InChI is InChI=1S/C20H25N3O3/c1-15(13-18(24)25)19-21-10-7-17(22-19)23-11-8-20(26,9-12-23)14-16-5-3-2-4-6-16/h2-7,10,15,26H,8-9,11-14H2,1H3,(H,24,25)/t15-/m1/s1. The smallest absolute Gasteiger partial charge is 0.304 e. The van der Waals surface area contributed by atoms with Gasteiger partial charge in [0, 0.05) is 31.6 Å². The average molecular weight is 355 g/mol. The van der Waals surface area contributed by atoms with Crippen molar-refractivity contribution in [3.05, 3.63) is 54.0 Å². The summed E-state index contributed by atoms with van der Waals surface area (Å²) in [6.07, 6.45) is 3.70. The normalized spacial score (nSPS) is 17.7. The minimum absolute atomic E-state index is 0.0142. The highest BCUT2D eigenvalue weighted by Gasteiger charge is 2.33. The first kappa shape index (κ1) is 18.3. The number of aromatic nitrogens is 2. The van der Waals surface area contributed by atoms with Crippen LogP contribution in [0.1, 0.15) is 43.5 Å². The van der Waals surface area contributed by atoms with Crippen molar-refractivity contribution in [3.63, 3.8) is 0 Å². The second-order valence-corrected chi connectivity index (χ2v) is 7.15. The second-order valence-electron chi connectivity index (χ2n) is 7.15. The first-order chi connectivity index (χ1) is 12.5. The molecular formula is C20H25N3O3. The summed E-state index contributed by atoms with van der Waals surface area (Å²) in [6, 6.07) is 11.9. The maximum atomic E-state index is 10.9. The Labute approximate surface area is 153 Å². The van der Waals surface area contributed by atoms with E-state index >= 15 is 0 Å². The molecule has 2 N–H and O–H groups in total. The molecule has 1 saturated heterocycles. The van der Waals surface area contributed by atoms with Gasteiger partial charge in [0.1, 0.15) is 11.6 Å². The molecule has 0 spiro atoms. The quantitative estimate of drug-likeness (QED) is 0.828. The third kappa shape index (κ3) is 4.58. The molecule has 1 atom stereocenters. The lowest BCUT2D eigenvalue weighted by Crippen LogP contribution is -2.46. The van der Waals surface area contributed by atoms with E-state index in [9.17, 15) is 9.90 Å². The maximum absolute atomic E-state index is 10.9. The molecule has 0 amide bonds. The van der Waals surface area contributed by atoms with Crippen LogP contribution in [0.3, 0.4) is 0 Å². The van der Waals surface area contributed by atoms with E-state index in [0.29, 0.717) is 38.2 Å². The van der Waals surface area contributed by atoms with Gasteiger partial charge in [0.2, 0.25) is 0 Å². The molecule has 26 heavy (non-hydrogen) atoms. The molecule has 0 radical (unpaired) electrons. The third-order valence-corrected chi connectivity index (χ3v) is 4.98. The van der Waals surface area contributed by atoms with Crippen LogP contribution < -0.4 is 4.90 Å². The number of hydrogen-bond acceptors (Lipinski definition) is 5. The Balaban J connectivity index is 1.63. The summed E-state index contributed by atoms with van der Waals surface area (Å²) in [7, 11) is 0. The summed E-state index contributed by atoms with van der Waals surface area (Å²) < 4.78 is 0. The van der Waals surface area contributed by atoms with Crippen LogP contribution in [-0.4, -0.2) is 44.8 Å². The Morgan fingerprint density at radius 3 is 2.58 bits per heavy atom. The largest absolute Gasteiger partial charge is 0.481 e. The monoisotopic (exact) mass is 355 g/mol. The van der Waals surface area contributed by atoms with E-state index in [1.165, 1.54) is 0 Å². The van der Waals surface area contributed by atoms with Gasteiger partial charge in [0.15, 0.2) is 0 Å². The fourth-order valence-corrected chi connectivity index (χ4v) is 3.44. The highest BCUT2D eigenvalue weighted by molar-refractivity contribution is 5.67. The lowest BCUT2D eigenvalue weighted by Gasteiger charge is -2.39. The summed E-state index contributed by atoms with van der Waals surface area (Å²) >= 11 is 0. The predicted molar refractivity (Wildman–Crippen MR) is 99.2 cm³/mol. The van der Waals surface area contributed by atoms with E-state index in [1.807, 2.05) is 43.3 Å². The minimum Gasteiger partial charge on any atom is -0.481 e. The number of carbonyl (C=O) groups is 1. The van der Waals surface area contributed by atoms with Gasteiger partial charge in [-0.15, -0.1) is 0 Å². The van der Waals surface area contributed by atoms with Crippen LogP contribution in [-0.2, 0) is 11.2 Å². The fourth-order valence-electron chi connectivity index (χ4n) is 3.44. The lowest BCUT2D eigenvalue weighted by atomic mass is 9.85. The summed E-state index contributed by atoms with van der Waals surface area (Å²) in [4.78, 5) is 21.8. The summed E-state index contributed by atoms with van der Waals surface area (Å²) in [6.45, 7) is 3.25. The molecule has 1 aliphatic rings. The zero-order valence-electron chi connectivity index (χ0n) is 15.0. The fraction of sp³-hybridized carbons (Fsp3) is 0.450. The number of anilines is 1. The molecule has 0 aliphatic carbocycles. The number of benzene rings is 1. The average Bonchev–Trinajstić information content (AvgIpc) is 2.62. The zero-order valence-corrected chi connectivity index (χ0v) is 15.0. The SMILES string of the molecule is C[C@H](CC(=O)O)c1nccc(N2CCC(O)(Cc3ccccc3)CC2)n1. The molecule has 3 rings (SSSR count). The number of nitrogens with zero attached hydrogens (tertiary/aromatic N) is 3. The Morgan fingerprint density at radius 1 is 1.23 bits per heavy atom. The molecule has 6 heteroatoms. The highest BCUT2D eigenvalue weighted by Crippen LogP contribution is 2.29. The topological polar surface area (TPSA) is 86.5 Å². The van der Waals surface area contributed by atoms with Gasteiger partial charge >= 0.3 is 5.97 Å². The van der Waals surface area contributed by atoms with E-state index in [0.717, 1.165) is 11.4 Å². The van der Waals surface area contributed by atoms with Gasteiger partial charge in [-0.25, -0.2) is 9.97 Å². The molecule has 2 aromatic rings. The van der Waals surface area contributed by atoms with Crippen LogP contribution in [0, 0.1) is 0 Å². The minimum atomic E-state index is -0.851. The van der Waals surface area contributed by atoms with E-state index in [-0.39, 0.29) is 12.3 Å². The van der Waals surface area contributed by atoms with Crippen LogP contribution >= 0.6 is 0 Å². The van der Waals surface area contributed by atoms with Crippen LogP contribution in [0.2, 0.25) is 0 Å². The van der Waals surface area contributed by atoms with Crippen LogP contribution in [0.4, 0.5) is 5.82 Å². The number of rotatable bonds is 6. The number of carboxylic acids is 1. The summed E-state index contributed by atoms with van der Waals surface area (Å²) in [5.41, 5.74) is 0.458. The first-order valence-electron chi connectivity index (χ1n) is 9.01. The van der Waals surface area contributed by atoms with Crippen molar-refractivity contribution in [2.24, 2.45) is 0 Å². The molecule has 1 fully saturated rings. The predicted octanol–water partition coefficient (Wildman–Crippen LogP) is 2.63. The van der Waals surface area contributed by atoms with Crippen LogP contribution in [0.5, 0.6) is 0 Å². The number of carboxylic acid groups (broad SMARTS) is 1. The van der Waals surface area contributed by atoms with Crippen molar-refractivity contribution in [1.82, 2.24) is 9.97 Å². The summed E-state index contributed by atoms with van der Waals surface area (Å²) in [5.74, 6) is 0.270. The molecule has 0 unspecified atom stereocenters. The van der Waals surface area contributed by atoms with Gasteiger partial charge in [-0.2, -0.15) is 0 Å². The van der Waals surface area contributed by atoms with Crippen molar-refractivity contribution >= 4 is 11.8 Å². The zero-order chi connectivity index (χ0) is 18.6. The van der Waals surface area contributed by atoms with Gasteiger partial charge < -0.3 is 15.1 Å². The van der Waals surface area contributed by atoms with Crippen molar-refractivity contribution in [3.8, 4) is 0 Å². The Kier molecular flexibility index (Phi) is 5.52. The van der Waals surface area contributed by atoms with E-state index in [1.54, 1.807) is 6.20 Å². The Morgan fingerprint density at radius 2 is 1.92 bits per heavy atom. The Hall–Kier alpha value is -2.47. The van der Waals surface area contributed by atoms with E-state index in [4.69, 9.17) is 5.11 Å². The van der Waals surface area contributed by atoms with Crippen molar-refractivity contribution in [1.29, 1.82) is 0 Å². The molecule has 0 bridgehead atoms. The van der Waals surface area contributed by atoms with Gasteiger partial charge in [-0.3, -0.25) is 4.79 Å². The Bertz CT molecular complexity index is 743. The lowest BCUT2D eigenvalue weighted by molar-refractivity contribution is -0.137. The number of aliphatic carboxylic acids is 1. The maximum Gasteiger partial charge on any atom is 0.304 e. The molecule has 0 saturated carbocycles. The molecule has 6 nitrogen and oxygen atoms in total. The molecule has 1 aromatic carbocycles. The molecule has 1 aromatic heterocycles. The van der Waals surface area contributed by atoms with Crippen LogP contribution in [0.15, 0.2) is 42.6 Å². The molecular weight excluding hydrogens is 330 g/mol. The van der Waals surface area contributed by atoms with Crippen LogP contribution in [0.25, 0.3) is 0 Å². The van der Waals surface area contributed by atoms with Crippen molar-refractivity contribution in [2.45, 2.75) is 44.1 Å². The molecule has 1 aliphatic heterocycles. The second kappa shape index (κ2) is 7.83. The molecule has 2 heterocycles. The molecule has 138 valence electrons. The van der Waals surface area contributed by atoms with Gasteiger partial charge in [-0.05, 0) is 24.5 Å². The number of piperidine rings is 1. The van der Waals surface area contributed by atoms with Gasteiger partial charge in [-0.1, -0.05) is 37.3 Å². The van der Waals surface area contributed by atoms with E-state index < -0.39 is 11.6 Å². The van der Waals surface area contributed by atoms with Crippen molar-refractivity contribution in [2.75, 3.05) is 18.0 Å². The third-order valence-electron chi connectivity index (χ3n) is 4.98. The number of hydrogen-bond donors (Lipinski definition) is 2. The van der Waals surface area contributed by atoms with Crippen molar-refractivity contribution < 1.29 is 15.0 Å².